The molecule has 1 aromatic heterocycles. The summed E-state index contributed by atoms with van der Waals surface area (Å²) in [7, 11) is 0. The van der Waals surface area contributed by atoms with Crippen LogP contribution >= 0.6 is 0 Å². The lowest BCUT2D eigenvalue weighted by Gasteiger charge is -2.25. The molecule has 2 aliphatic heterocycles. The zero-order valence-electron chi connectivity index (χ0n) is 13.7. The number of rotatable bonds is 2. The summed E-state index contributed by atoms with van der Waals surface area (Å²) in [4.78, 5) is 18.3. The summed E-state index contributed by atoms with van der Waals surface area (Å²) in [6.07, 6.45) is 1.50. The Bertz CT molecular complexity index is 790. The number of ether oxygens (including phenoxy) is 1. The van der Waals surface area contributed by atoms with E-state index in [9.17, 15) is 4.79 Å². The third kappa shape index (κ3) is 2.44. The largest absolute Gasteiger partial charge is 0.447 e. The van der Waals surface area contributed by atoms with E-state index in [1.54, 1.807) is 11.1 Å². The number of benzene rings is 1. The molecule has 2 N–H and O–H groups in total. The molecule has 124 valence electrons. The Morgan fingerprint density at radius 2 is 2.17 bits per heavy atom. The zero-order valence-corrected chi connectivity index (χ0v) is 13.7. The molecule has 0 radical (unpaired) electrons. The van der Waals surface area contributed by atoms with Crippen molar-refractivity contribution in [3.05, 3.63) is 42.1 Å². The van der Waals surface area contributed by atoms with E-state index in [1.165, 1.54) is 0 Å². The summed E-state index contributed by atoms with van der Waals surface area (Å²) < 4.78 is 5.25. The predicted octanol–water partition coefficient (Wildman–Crippen LogP) is 3.73. The Balaban J connectivity index is 1.68. The van der Waals surface area contributed by atoms with Crippen molar-refractivity contribution >= 4 is 29.0 Å². The Hall–Kier alpha value is -2.76. The van der Waals surface area contributed by atoms with Gasteiger partial charge in [0.25, 0.3) is 0 Å². The maximum absolute atomic E-state index is 12.2. The van der Waals surface area contributed by atoms with E-state index >= 15 is 0 Å². The Morgan fingerprint density at radius 1 is 1.29 bits per heavy atom. The fourth-order valence-corrected chi connectivity index (χ4v) is 3.17. The van der Waals surface area contributed by atoms with Gasteiger partial charge in [-0.2, -0.15) is 0 Å². The van der Waals surface area contributed by atoms with Crippen LogP contribution in [0.15, 0.2) is 36.5 Å². The van der Waals surface area contributed by atoms with Crippen molar-refractivity contribution in [2.24, 2.45) is 5.92 Å². The fraction of sp³-hybridized carbons (Fsp3) is 0.333. The van der Waals surface area contributed by atoms with Crippen LogP contribution in [0, 0.1) is 5.92 Å². The molecule has 0 saturated carbocycles. The van der Waals surface area contributed by atoms with E-state index in [-0.39, 0.29) is 12.1 Å². The third-order valence-corrected chi connectivity index (χ3v) is 4.57. The lowest BCUT2D eigenvalue weighted by atomic mass is 10.0. The summed E-state index contributed by atoms with van der Waals surface area (Å²) in [6, 6.07) is 9.95. The van der Waals surface area contributed by atoms with Gasteiger partial charge in [0.1, 0.15) is 12.4 Å². The fourth-order valence-electron chi connectivity index (χ4n) is 3.17. The van der Waals surface area contributed by atoms with Gasteiger partial charge in [-0.05, 0) is 30.2 Å². The molecule has 1 amide bonds. The van der Waals surface area contributed by atoms with Gasteiger partial charge in [-0.15, -0.1) is 0 Å². The summed E-state index contributed by atoms with van der Waals surface area (Å²) in [5.74, 6) is 1.19. The van der Waals surface area contributed by atoms with E-state index in [0.717, 1.165) is 28.4 Å². The summed E-state index contributed by atoms with van der Waals surface area (Å²) in [6.45, 7) is 5.33. The first-order valence-corrected chi connectivity index (χ1v) is 8.18. The second-order valence-corrected chi connectivity index (χ2v) is 6.48. The number of cyclic esters (lactones) is 1. The van der Waals surface area contributed by atoms with Crippen molar-refractivity contribution in [1.82, 2.24) is 4.98 Å². The number of anilines is 4. The molecule has 0 bridgehead atoms. The van der Waals surface area contributed by atoms with Crippen LogP contribution in [0.5, 0.6) is 0 Å². The molecule has 1 unspecified atom stereocenters. The van der Waals surface area contributed by atoms with E-state index in [2.05, 4.69) is 29.5 Å². The molecule has 2 aliphatic rings. The maximum atomic E-state index is 12.2. The topological polar surface area (TPSA) is 66.5 Å². The number of amides is 1. The number of hydrogen-bond acceptors (Lipinski definition) is 5. The van der Waals surface area contributed by atoms with Crippen LogP contribution in [0.1, 0.15) is 19.4 Å². The SMILES string of the molecule is CC(C)C1COC(=O)N1c1ccc2c(c1)NCc1cccnc1N2. The van der Waals surface area contributed by atoms with E-state index in [0.29, 0.717) is 19.1 Å². The number of nitrogens with one attached hydrogen (secondary N) is 2. The molecular formula is C18H20N4O2. The minimum absolute atomic E-state index is 0.0631. The first-order chi connectivity index (χ1) is 11.6. The highest BCUT2D eigenvalue weighted by Crippen LogP contribution is 2.36. The number of fused-ring (bicyclic) bond motifs is 2. The molecule has 1 fully saturated rings. The number of carbonyl (C=O) groups is 1. The molecule has 4 rings (SSSR count). The van der Waals surface area contributed by atoms with Gasteiger partial charge in [-0.1, -0.05) is 19.9 Å². The van der Waals surface area contributed by atoms with Crippen LogP contribution in [-0.2, 0) is 11.3 Å². The molecule has 6 nitrogen and oxygen atoms in total. The van der Waals surface area contributed by atoms with Gasteiger partial charge in [0.05, 0.1) is 17.4 Å². The molecular weight excluding hydrogens is 304 g/mol. The Labute approximate surface area is 140 Å². The smallest absolute Gasteiger partial charge is 0.414 e. The summed E-state index contributed by atoms with van der Waals surface area (Å²) in [5.41, 5.74) is 3.86. The minimum Gasteiger partial charge on any atom is -0.447 e. The van der Waals surface area contributed by atoms with Gasteiger partial charge in [-0.25, -0.2) is 9.78 Å². The molecule has 2 aromatic rings. The predicted molar refractivity (Wildman–Crippen MR) is 93.7 cm³/mol. The molecule has 0 aliphatic carbocycles. The maximum Gasteiger partial charge on any atom is 0.414 e. The van der Waals surface area contributed by atoms with Crippen molar-refractivity contribution in [2.75, 3.05) is 22.1 Å². The van der Waals surface area contributed by atoms with Crippen LogP contribution in [-0.4, -0.2) is 23.7 Å². The standard InChI is InChI=1S/C18H20N4O2/c1-11(2)16-10-24-18(23)22(16)13-5-6-14-15(8-13)20-9-12-4-3-7-19-17(12)21-14/h3-8,11,16,20H,9-10H2,1-2H3,(H,19,21). The normalized spacial score (nSPS) is 19.0. The minimum atomic E-state index is -0.278. The van der Waals surface area contributed by atoms with Gasteiger partial charge < -0.3 is 15.4 Å². The second kappa shape index (κ2) is 5.70. The van der Waals surface area contributed by atoms with Crippen molar-refractivity contribution in [3.8, 4) is 0 Å². The van der Waals surface area contributed by atoms with Crippen molar-refractivity contribution < 1.29 is 9.53 Å². The molecule has 1 saturated heterocycles. The monoisotopic (exact) mass is 324 g/mol. The van der Waals surface area contributed by atoms with Gasteiger partial charge in [0.15, 0.2) is 0 Å². The second-order valence-electron chi connectivity index (χ2n) is 6.48. The first kappa shape index (κ1) is 14.8. The third-order valence-electron chi connectivity index (χ3n) is 4.57. The molecule has 3 heterocycles. The number of aromatic nitrogens is 1. The quantitative estimate of drug-likeness (QED) is 0.881. The Kier molecular flexibility index (Phi) is 3.52. The molecule has 0 spiro atoms. The molecule has 1 aromatic carbocycles. The van der Waals surface area contributed by atoms with Crippen LogP contribution in [0.2, 0.25) is 0 Å². The van der Waals surface area contributed by atoms with Crippen LogP contribution in [0.4, 0.5) is 27.7 Å². The van der Waals surface area contributed by atoms with E-state index < -0.39 is 0 Å². The Morgan fingerprint density at radius 3 is 3.00 bits per heavy atom. The molecule has 24 heavy (non-hydrogen) atoms. The number of hydrogen-bond donors (Lipinski definition) is 2. The lowest BCUT2D eigenvalue weighted by Crippen LogP contribution is -2.37. The van der Waals surface area contributed by atoms with Gasteiger partial charge in [0.2, 0.25) is 0 Å². The van der Waals surface area contributed by atoms with E-state index in [1.807, 2.05) is 30.3 Å². The highest BCUT2D eigenvalue weighted by molar-refractivity contribution is 5.92. The number of nitrogens with zero attached hydrogens (tertiary/aromatic N) is 2. The average molecular weight is 324 g/mol. The van der Waals surface area contributed by atoms with Crippen molar-refractivity contribution in [2.45, 2.75) is 26.4 Å². The van der Waals surface area contributed by atoms with Crippen molar-refractivity contribution in [3.63, 3.8) is 0 Å². The highest BCUT2D eigenvalue weighted by atomic mass is 16.6. The lowest BCUT2D eigenvalue weighted by molar-refractivity contribution is 0.177. The molecule has 1 atom stereocenters. The van der Waals surface area contributed by atoms with Crippen LogP contribution < -0.4 is 15.5 Å². The zero-order chi connectivity index (χ0) is 16.7. The summed E-state index contributed by atoms with van der Waals surface area (Å²) >= 11 is 0. The average Bonchev–Trinajstić information content (AvgIpc) is 2.86. The summed E-state index contributed by atoms with van der Waals surface area (Å²) in [5, 5.41) is 6.78. The molecule has 6 heteroatoms. The van der Waals surface area contributed by atoms with Crippen molar-refractivity contribution in [1.29, 1.82) is 0 Å². The number of carbonyl (C=O) groups excluding carboxylic acids is 1. The van der Waals surface area contributed by atoms with Gasteiger partial charge in [-0.3, -0.25) is 4.90 Å². The van der Waals surface area contributed by atoms with Gasteiger partial charge in [0, 0.05) is 24.0 Å². The number of pyridine rings is 1. The first-order valence-electron chi connectivity index (χ1n) is 8.18. The van der Waals surface area contributed by atoms with Crippen LogP contribution in [0.25, 0.3) is 0 Å². The highest BCUT2D eigenvalue weighted by Gasteiger charge is 2.36. The van der Waals surface area contributed by atoms with E-state index in [4.69, 9.17) is 4.74 Å². The van der Waals surface area contributed by atoms with Gasteiger partial charge >= 0.3 is 6.09 Å². The van der Waals surface area contributed by atoms with Crippen LogP contribution in [0.3, 0.4) is 0 Å².